The molecule has 0 radical (unpaired) electrons. The van der Waals surface area contributed by atoms with Crippen LogP contribution >= 0.6 is 11.8 Å². The summed E-state index contributed by atoms with van der Waals surface area (Å²) in [5.74, 6) is 0.202. The summed E-state index contributed by atoms with van der Waals surface area (Å²) in [6.45, 7) is 1.02. The van der Waals surface area contributed by atoms with Gasteiger partial charge in [-0.05, 0) is 48.8 Å². The predicted molar refractivity (Wildman–Crippen MR) is 147 cm³/mol. The van der Waals surface area contributed by atoms with Crippen molar-refractivity contribution in [1.29, 1.82) is 0 Å². The van der Waals surface area contributed by atoms with E-state index in [1.54, 1.807) is 17.8 Å². The third kappa shape index (κ3) is 5.06. The number of hydrogen-bond donors (Lipinski definition) is 1. The van der Waals surface area contributed by atoms with Crippen LogP contribution < -0.4 is 4.74 Å². The largest absolute Gasteiger partial charge is 0.473 e. The molecule has 2 aromatic heterocycles. The van der Waals surface area contributed by atoms with Crippen LogP contribution in [0.25, 0.3) is 33.4 Å². The van der Waals surface area contributed by atoms with Crippen molar-refractivity contribution in [2.45, 2.75) is 49.0 Å². The number of hydrogen-bond acceptors (Lipinski definition) is 6. The first-order valence-electron chi connectivity index (χ1n) is 13.1. The van der Waals surface area contributed by atoms with Gasteiger partial charge >= 0.3 is 0 Å². The van der Waals surface area contributed by atoms with Gasteiger partial charge < -0.3 is 19.3 Å². The molecule has 6 rings (SSSR count). The normalized spacial score (nSPS) is 21.7. The van der Waals surface area contributed by atoms with E-state index in [2.05, 4.69) is 30.5 Å². The fourth-order valence-electron chi connectivity index (χ4n) is 5.27. The Hall–Kier alpha value is -2.91. The zero-order valence-corrected chi connectivity index (χ0v) is 22.1. The molecule has 198 valence electrons. The lowest BCUT2D eigenvalue weighted by Crippen LogP contribution is -2.23. The minimum atomic E-state index is -0.388. The Morgan fingerprint density at radius 1 is 1.03 bits per heavy atom. The van der Waals surface area contributed by atoms with Gasteiger partial charge in [-0.2, -0.15) is 0 Å². The molecule has 8 heteroatoms. The molecule has 2 fully saturated rings. The van der Waals surface area contributed by atoms with Gasteiger partial charge in [-0.25, -0.2) is 9.37 Å². The molecule has 38 heavy (non-hydrogen) atoms. The van der Waals surface area contributed by atoms with Crippen molar-refractivity contribution in [1.82, 2.24) is 9.55 Å². The maximum absolute atomic E-state index is 15.6. The van der Waals surface area contributed by atoms with Crippen LogP contribution in [0.3, 0.4) is 0 Å². The highest BCUT2D eigenvalue weighted by Gasteiger charge is 2.30. The Balaban J connectivity index is 1.34. The van der Waals surface area contributed by atoms with Crippen LogP contribution in [0.2, 0.25) is 0 Å². The van der Waals surface area contributed by atoms with Crippen molar-refractivity contribution in [2.75, 3.05) is 26.1 Å². The van der Waals surface area contributed by atoms with E-state index in [1.807, 2.05) is 34.9 Å². The molecular weight excluding hydrogens is 503 g/mol. The summed E-state index contributed by atoms with van der Waals surface area (Å²) in [6.07, 6.45) is 4.86. The summed E-state index contributed by atoms with van der Waals surface area (Å²) in [6, 6.07) is 19.6. The zero-order valence-electron chi connectivity index (χ0n) is 21.3. The minimum absolute atomic E-state index is 0.0351. The van der Waals surface area contributed by atoms with E-state index in [9.17, 15) is 5.11 Å². The first-order valence-corrected chi connectivity index (χ1v) is 14.3. The molecule has 2 unspecified atom stereocenters. The van der Waals surface area contributed by atoms with E-state index >= 15 is 4.39 Å². The van der Waals surface area contributed by atoms with Crippen molar-refractivity contribution in [3.05, 3.63) is 66.5 Å². The molecule has 0 bridgehead atoms. The van der Waals surface area contributed by atoms with Gasteiger partial charge in [0, 0.05) is 35.6 Å². The molecule has 4 heterocycles. The summed E-state index contributed by atoms with van der Waals surface area (Å²) < 4.78 is 35.5. The Bertz CT molecular complexity index is 1400. The molecule has 0 saturated carbocycles. The second kappa shape index (κ2) is 11.1. The van der Waals surface area contributed by atoms with Crippen molar-refractivity contribution in [2.24, 2.45) is 0 Å². The van der Waals surface area contributed by atoms with Gasteiger partial charge in [0.15, 0.2) is 11.7 Å². The number of aromatic nitrogens is 2. The van der Waals surface area contributed by atoms with E-state index in [4.69, 9.17) is 19.2 Å². The lowest BCUT2D eigenvalue weighted by atomic mass is 10.0. The summed E-state index contributed by atoms with van der Waals surface area (Å²) in [7, 11) is 0. The van der Waals surface area contributed by atoms with E-state index in [0.717, 1.165) is 30.4 Å². The maximum atomic E-state index is 15.6. The molecule has 0 amide bonds. The number of aliphatic hydroxyl groups excluding tert-OH is 1. The standard InChI is InChI=1S/C30H31FN2O4S/c1-38-24-11-9-20(10-12-24)19-5-7-21(8-6-19)30-25(31)15-27-26(32-30)16-29(33(27)28-4-2-3-13-35-28)37-23-14-22(17-34)36-18-23/h5-12,15-16,22-23,28,34H,2-4,13-14,17-18H2,1H3/t22?,23-,28?/m0/s1. The van der Waals surface area contributed by atoms with E-state index < -0.39 is 0 Å². The van der Waals surface area contributed by atoms with Crippen molar-refractivity contribution < 1.29 is 23.7 Å². The Morgan fingerprint density at radius 2 is 1.76 bits per heavy atom. The number of rotatable bonds is 7. The monoisotopic (exact) mass is 534 g/mol. The molecule has 2 saturated heterocycles. The maximum Gasteiger partial charge on any atom is 0.198 e. The second-order valence-corrected chi connectivity index (χ2v) is 10.7. The molecule has 1 N–H and O–H groups in total. The van der Waals surface area contributed by atoms with Crippen molar-refractivity contribution in [3.63, 3.8) is 0 Å². The first-order chi connectivity index (χ1) is 18.6. The van der Waals surface area contributed by atoms with Crippen LogP contribution in [-0.2, 0) is 9.47 Å². The third-order valence-corrected chi connectivity index (χ3v) is 8.05. The highest BCUT2D eigenvalue weighted by molar-refractivity contribution is 7.98. The molecule has 4 aromatic rings. The number of ether oxygens (including phenoxy) is 3. The molecule has 0 spiro atoms. The fourth-order valence-corrected chi connectivity index (χ4v) is 5.68. The number of aliphatic hydroxyl groups is 1. The Labute approximate surface area is 225 Å². The third-order valence-electron chi connectivity index (χ3n) is 7.30. The van der Waals surface area contributed by atoms with Gasteiger partial charge in [0.2, 0.25) is 0 Å². The summed E-state index contributed by atoms with van der Waals surface area (Å²) in [4.78, 5) is 5.96. The number of nitrogens with zero attached hydrogens (tertiary/aromatic N) is 2. The Kier molecular flexibility index (Phi) is 7.39. The first kappa shape index (κ1) is 25.4. The molecule has 2 aromatic carbocycles. The zero-order chi connectivity index (χ0) is 26.1. The van der Waals surface area contributed by atoms with E-state index in [-0.39, 0.29) is 30.9 Å². The highest BCUT2D eigenvalue weighted by Crippen LogP contribution is 2.37. The van der Waals surface area contributed by atoms with Crippen LogP contribution in [0.5, 0.6) is 5.88 Å². The van der Waals surface area contributed by atoms with Crippen molar-refractivity contribution >= 4 is 22.8 Å². The average Bonchev–Trinajstić information content (AvgIpc) is 3.57. The second-order valence-electron chi connectivity index (χ2n) is 9.82. The SMILES string of the molecule is CSc1ccc(-c2ccc(-c3nc4cc(O[C@@H]5COC(CO)C5)n(C5CCCCO5)c4cc3F)cc2)cc1. The lowest BCUT2D eigenvalue weighted by molar-refractivity contribution is -0.0350. The van der Waals surface area contributed by atoms with Crippen LogP contribution in [0.1, 0.15) is 31.9 Å². The van der Waals surface area contributed by atoms with Gasteiger partial charge in [-0.1, -0.05) is 36.4 Å². The molecule has 2 aliphatic heterocycles. The number of thioether (sulfide) groups is 1. The van der Waals surface area contributed by atoms with Crippen LogP contribution in [0.15, 0.2) is 65.6 Å². The molecule has 6 nitrogen and oxygen atoms in total. The number of benzene rings is 2. The molecular formula is C30H31FN2O4S. The molecule has 3 atom stereocenters. The van der Waals surface area contributed by atoms with E-state index in [0.29, 0.717) is 47.8 Å². The Morgan fingerprint density at radius 3 is 2.42 bits per heavy atom. The smallest absolute Gasteiger partial charge is 0.198 e. The van der Waals surface area contributed by atoms with Gasteiger partial charge in [-0.15, -0.1) is 11.8 Å². The number of halogens is 1. The molecule has 2 aliphatic rings. The topological polar surface area (TPSA) is 65.7 Å². The van der Waals surface area contributed by atoms with Gasteiger partial charge in [-0.3, -0.25) is 4.57 Å². The van der Waals surface area contributed by atoms with Gasteiger partial charge in [0.05, 0.1) is 30.4 Å². The summed E-state index contributed by atoms with van der Waals surface area (Å²) in [5, 5.41) is 9.44. The van der Waals surface area contributed by atoms with Crippen molar-refractivity contribution in [3.8, 4) is 28.3 Å². The average molecular weight is 535 g/mol. The van der Waals surface area contributed by atoms with Gasteiger partial charge in [0.1, 0.15) is 18.0 Å². The summed E-state index contributed by atoms with van der Waals surface area (Å²) >= 11 is 1.71. The lowest BCUT2D eigenvalue weighted by Gasteiger charge is -2.27. The van der Waals surface area contributed by atoms with Crippen LogP contribution in [0, 0.1) is 5.82 Å². The number of pyridine rings is 1. The highest BCUT2D eigenvalue weighted by atomic mass is 32.2. The predicted octanol–water partition coefficient (Wildman–Crippen LogP) is 6.46. The van der Waals surface area contributed by atoms with E-state index in [1.165, 1.54) is 4.90 Å². The van der Waals surface area contributed by atoms with Gasteiger partial charge in [0.25, 0.3) is 0 Å². The minimum Gasteiger partial charge on any atom is -0.473 e. The van der Waals surface area contributed by atoms with Crippen LogP contribution in [-0.4, -0.2) is 52.9 Å². The quantitative estimate of drug-likeness (QED) is 0.275. The van der Waals surface area contributed by atoms with Crippen LogP contribution in [0.4, 0.5) is 4.39 Å². The summed E-state index contributed by atoms with van der Waals surface area (Å²) in [5.41, 5.74) is 4.51. The molecule has 0 aliphatic carbocycles. The fraction of sp³-hybridized carbons (Fsp3) is 0.367. The number of fused-ring (bicyclic) bond motifs is 1.